The molecule has 0 atom stereocenters. The van der Waals surface area contributed by atoms with Crippen LogP contribution < -0.4 is 0 Å². The van der Waals surface area contributed by atoms with Gasteiger partial charge in [0.25, 0.3) is 0 Å². The molecule has 0 spiro atoms. The second-order valence-corrected chi connectivity index (χ2v) is 6.00. The van der Waals surface area contributed by atoms with Gasteiger partial charge in [0.2, 0.25) is 5.79 Å². The molecule has 0 amide bonds. The van der Waals surface area contributed by atoms with E-state index in [9.17, 15) is 24.9 Å². The molecule has 3 N–H and O–H groups in total. The van der Waals surface area contributed by atoms with E-state index in [1.165, 1.54) is 18.2 Å². The number of ether oxygens (including phenoxy) is 1. The molecule has 0 aliphatic heterocycles. The highest BCUT2D eigenvalue weighted by atomic mass is 16.5. The van der Waals surface area contributed by atoms with Crippen molar-refractivity contribution in [3.63, 3.8) is 0 Å². The Morgan fingerprint density at radius 3 is 2.37 bits per heavy atom. The monoisotopic (exact) mass is 370 g/mol. The van der Waals surface area contributed by atoms with E-state index in [0.29, 0.717) is 24.8 Å². The first kappa shape index (κ1) is 20.4. The number of benzene rings is 2. The molecule has 0 bridgehead atoms. The highest BCUT2D eigenvalue weighted by molar-refractivity contribution is 5.90. The maximum Gasteiger partial charge on any atom is 0.335 e. The van der Waals surface area contributed by atoms with E-state index >= 15 is 0 Å². The second-order valence-electron chi connectivity index (χ2n) is 6.00. The molecule has 6 nitrogen and oxygen atoms in total. The van der Waals surface area contributed by atoms with E-state index in [2.05, 4.69) is 6.58 Å². The van der Waals surface area contributed by atoms with Gasteiger partial charge >= 0.3 is 11.9 Å². The highest BCUT2D eigenvalue weighted by Crippen LogP contribution is 2.32. The molecule has 2 aromatic rings. The third-order valence-electron chi connectivity index (χ3n) is 4.19. The van der Waals surface area contributed by atoms with Crippen LogP contribution in [0.15, 0.2) is 61.2 Å². The van der Waals surface area contributed by atoms with Gasteiger partial charge in [-0.25, -0.2) is 9.59 Å². The summed E-state index contributed by atoms with van der Waals surface area (Å²) in [6.07, 6.45) is 2.37. The predicted octanol–water partition coefficient (Wildman–Crippen LogP) is 2.62. The Hall–Kier alpha value is -2.96. The number of carbonyl (C=O) groups excluding carboxylic acids is 1. The quantitative estimate of drug-likeness (QED) is 0.271. The summed E-state index contributed by atoms with van der Waals surface area (Å²) in [5, 5.41) is 31.0. The summed E-state index contributed by atoms with van der Waals surface area (Å²) in [6, 6.07) is 12.6. The van der Waals surface area contributed by atoms with E-state index in [0.717, 1.165) is 6.08 Å². The van der Waals surface area contributed by atoms with Crippen molar-refractivity contribution in [3.8, 4) is 0 Å². The van der Waals surface area contributed by atoms with E-state index < -0.39 is 17.7 Å². The van der Waals surface area contributed by atoms with Crippen molar-refractivity contribution < 1.29 is 29.6 Å². The van der Waals surface area contributed by atoms with Gasteiger partial charge in [0, 0.05) is 17.2 Å². The summed E-state index contributed by atoms with van der Waals surface area (Å²) in [5.74, 6) is -3.98. The maximum absolute atomic E-state index is 11.6. The summed E-state index contributed by atoms with van der Waals surface area (Å²) < 4.78 is 4.90. The lowest BCUT2D eigenvalue weighted by atomic mass is 9.88. The fourth-order valence-corrected chi connectivity index (χ4v) is 2.84. The summed E-state index contributed by atoms with van der Waals surface area (Å²) in [7, 11) is 0. The molecular weight excluding hydrogens is 348 g/mol. The summed E-state index contributed by atoms with van der Waals surface area (Å²) >= 11 is 0. The van der Waals surface area contributed by atoms with Crippen LogP contribution in [-0.4, -0.2) is 33.9 Å². The first-order chi connectivity index (χ1) is 12.9. The van der Waals surface area contributed by atoms with Crippen molar-refractivity contribution >= 4 is 11.9 Å². The van der Waals surface area contributed by atoms with Crippen LogP contribution in [0.2, 0.25) is 0 Å². The molecule has 0 aliphatic carbocycles. The lowest BCUT2D eigenvalue weighted by Crippen LogP contribution is -2.29. The zero-order valence-corrected chi connectivity index (χ0v) is 14.8. The number of unbranched alkanes of at least 4 members (excludes halogenated alkanes) is 1. The molecule has 27 heavy (non-hydrogen) atoms. The van der Waals surface area contributed by atoms with Crippen LogP contribution in [-0.2, 0) is 21.7 Å². The van der Waals surface area contributed by atoms with Crippen molar-refractivity contribution in [1.29, 1.82) is 0 Å². The number of carboxylic acids is 1. The number of aromatic carboxylic acids is 1. The minimum Gasteiger partial charge on any atom is -0.478 e. The smallest absolute Gasteiger partial charge is 0.335 e. The number of esters is 1. The largest absolute Gasteiger partial charge is 0.478 e. The standard InChI is InChI=1S/C21H22O6/c1-2-19(22)27-14-7-6-11-16-17(20(23)24)12-8-13-18(16)21(25,26)15-9-4-3-5-10-15/h2-5,8-10,12-13,25-26H,1,6-7,11,14H2,(H,23,24). The zero-order chi connectivity index (χ0) is 19.9. The van der Waals surface area contributed by atoms with E-state index in [4.69, 9.17) is 4.74 Å². The summed E-state index contributed by atoms with van der Waals surface area (Å²) in [4.78, 5) is 22.7. The van der Waals surface area contributed by atoms with Crippen molar-refractivity contribution in [2.24, 2.45) is 0 Å². The minimum absolute atomic E-state index is 0.0130. The van der Waals surface area contributed by atoms with Gasteiger partial charge in [-0.1, -0.05) is 49.0 Å². The van der Waals surface area contributed by atoms with Gasteiger partial charge in [0.15, 0.2) is 0 Å². The minimum atomic E-state index is -2.32. The molecule has 2 rings (SSSR count). The Bertz CT molecular complexity index is 811. The number of carboxylic acid groups (broad SMARTS) is 1. The van der Waals surface area contributed by atoms with Crippen LogP contribution in [0.25, 0.3) is 0 Å². The zero-order valence-electron chi connectivity index (χ0n) is 14.8. The molecular formula is C21H22O6. The Kier molecular flexibility index (Phi) is 6.87. The van der Waals surface area contributed by atoms with Crippen molar-refractivity contribution in [3.05, 3.63) is 83.4 Å². The van der Waals surface area contributed by atoms with Crippen molar-refractivity contribution in [2.45, 2.75) is 25.0 Å². The molecule has 2 aromatic carbocycles. The predicted molar refractivity (Wildman–Crippen MR) is 99.2 cm³/mol. The molecule has 0 fully saturated rings. The van der Waals surface area contributed by atoms with Crippen LogP contribution in [0.1, 0.15) is 39.9 Å². The fraction of sp³-hybridized carbons (Fsp3) is 0.238. The number of hydrogen-bond donors (Lipinski definition) is 3. The molecule has 142 valence electrons. The second kappa shape index (κ2) is 9.12. The fourth-order valence-electron chi connectivity index (χ4n) is 2.84. The summed E-state index contributed by atoms with van der Waals surface area (Å²) in [6.45, 7) is 3.49. The van der Waals surface area contributed by atoms with Gasteiger partial charge in [-0.2, -0.15) is 0 Å². The molecule has 6 heteroatoms. The van der Waals surface area contributed by atoms with Crippen LogP contribution >= 0.6 is 0 Å². The Balaban J connectivity index is 2.27. The Morgan fingerprint density at radius 1 is 1.04 bits per heavy atom. The van der Waals surface area contributed by atoms with Crippen molar-refractivity contribution in [1.82, 2.24) is 0 Å². The number of hydrogen-bond acceptors (Lipinski definition) is 5. The molecule has 0 saturated heterocycles. The van der Waals surface area contributed by atoms with Crippen molar-refractivity contribution in [2.75, 3.05) is 6.61 Å². The Labute approximate surface area is 157 Å². The van der Waals surface area contributed by atoms with Gasteiger partial charge < -0.3 is 20.1 Å². The molecule has 0 unspecified atom stereocenters. The van der Waals surface area contributed by atoms with Crippen LogP contribution in [0, 0.1) is 0 Å². The van der Waals surface area contributed by atoms with Gasteiger partial charge in [-0.15, -0.1) is 0 Å². The molecule has 0 aliphatic rings. The molecule has 0 aromatic heterocycles. The highest BCUT2D eigenvalue weighted by Gasteiger charge is 2.32. The number of rotatable bonds is 9. The van der Waals surface area contributed by atoms with Crippen LogP contribution in [0.3, 0.4) is 0 Å². The molecule has 0 radical (unpaired) electrons. The molecule has 0 saturated carbocycles. The summed E-state index contributed by atoms with van der Waals surface area (Å²) in [5.41, 5.74) is 0.721. The SMILES string of the molecule is C=CC(=O)OCCCCc1c(C(=O)O)cccc1C(O)(O)c1ccccc1. The van der Waals surface area contributed by atoms with Gasteiger partial charge in [-0.3, -0.25) is 0 Å². The average molecular weight is 370 g/mol. The van der Waals surface area contributed by atoms with Crippen LogP contribution in [0.5, 0.6) is 0 Å². The molecule has 0 heterocycles. The van der Waals surface area contributed by atoms with Gasteiger partial charge in [0.1, 0.15) is 0 Å². The average Bonchev–Trinajstić information content (AvgIpc) is 2.67. The lowest BCUT2D eigenvalue weighted by Gasteiger charge is -2.26. The Morgan fingerprint density at radius 2 is 1.74 bits per heavy atom. The normalized spacial score (nSPS) is 11.0. The number of aliphatic hydroxyl groups is 2. The number of carbonyl (C=O) groups is 2. The van der Waals surface area contributed by atoms with Gasteiger partial charge in [-0.05, 0) is 30.9 Å². The van der Waals surface area contributed by atoms with E-state index in [1.807, 2.05) is 0 Å². The van der Waals surface area contributed by atoms with Crippen LogP contribution in [0.4, 0.5) is 0 Å². The maximum atomic E-state index is 11.6. The first-order valence-corrected chi connectivity index (χ1v) is 8.53. The first-order valence-electron chi connectivity index (χ1n) is 8.53. The third kappa shape index (κ3) is 5.03. The third-order valence-corrected chi connectivity index (χ3v) is 4.19. The van der Waals surface area contributed by atoms with Gasteiger partial charge in [0.05, 0.1) is 12.2 Å². The topological polar surface area (TPSA) is 104 Å². The lowest BCUT2D eigenvalue weighted by molar-refractivity contribution is -0.137. The van der Waals surface area contributed by atoms with E-state index in [1.54, 1.807) is 30.3 Å². The van der Waals surface area contributed by atoms with E-state index in [-0.39, 0.29) is 23.3 Å².